The molecule has 1 aliphatic heterocycles. The molecule has 0 radical (unpaired) electrons. The van der Waals surface area contributed by atoms with Crippen LogP contribution in [-0.4, -0.2) is 30.1 Å². The minimum Gasteiger partial charge on any atom is -0.309 e. The fourth-order valence-electron chi connectivity index (χ4n) is 2.54. The molecule has 1 fully saturated rings. The molecule has 1 unspecified atom stereocenters. The Kier molecular flexibility index (Phi) is 4.70. The van der Waals surface area contributed by atoms with Gasteiger partial charge in [0.1, 0.15) is 0 Å². The smallest absolute Gasteiger partial charge is 0.309 e. The van der Waals surface area contributed by atoms with Crippen molar-refractivity contribution >= 4 is 0 Å². The first-order valence-corrected chi connectivity index (χ1v) is 7.00. The summed E-state index contributed by atoms with van der Waals surface area (Å²) < 4.78 is 37.9. The number of hydrogen-bond donors (Lipinski definition) is 1. The van der Waals surface area contributed by atoms with Gasteiger partial charge in [0.05, 0.1) is 5.56 Å². The van der Waals surface area contributed by atoms with Gasteiger partial charge in [0, 0.05) is 25.2 Å². The Morgan fingerprint density at radius 3 is 2.70 bits per heavy atom. The van der Waals surface area contributed by atoms with E-state index in [1.54, 1.807) is 6.07 Å². The van der Waals surface area contributed by atoms with Crippen molar-refractivity contribution in [1.29, 1.82) is 0 Å². The zero-order valence-corrected chi connectivity index (χ0v) is 11.9. The van der Waals surface area contributed by atoms with E-state index < -0.39 is 11.7 Å². The van der Waals surface area contributed by atoms with Crippen LogP contribution in [0.5, 0.6) is 0 Å². The van der Waals surface area contributed by atoms with Crippen LogP contribution >= 0.6 is 0 Å². The summed E-state index contributed by atoms with van der Waals surface area (Å²) >= 11 is 0. The van der Waals surface area contributed by atoms with E-state index in [0.717, 1.165) is 25.6 Å². The van der Waals surface area contributed by atoms with Gasteiger partial charge in [0.15, 0.2) is 0 Å². The topological polar surface area (TPSA) is 15.3 Å². The molecule has 1 aliphatic rings. The Balaban J connectivity index is 1.89. The predicted molar refractivity (Wildman–Crippen MR) is 73.4 cm³/mol. The summed E-state index contributed by atoms with van der Waals surface area (Å²) in [6.45, 7) is 6.83. The molecule has 0 aliphatic carbocycles. The summed E-state index contributed by atoms with van der Waals surface area (Å²) in [6, 6.07) is 6.43. The third-order valence-electron chi connectivity index (χ3n) is 3.80. The van der Waals surface area contributed by atoms with Gasteiger partial charge in [0.25, 0.3) is 0 Å². The van der Waals surface area contributed by atoms with Crippen LogP contribution in [0, 0.1) is 0 Å². The Labute approximate surface area is 118 Å². The largest absolute Gasteiger partial charge is 0.416 e. The van der Waals surface area contributed by atoms with Crippen molar-refractivity contribution < 1.29 is 13.2 Å². The molecule has 1 saturated heterocycles. The average Bonchev–Trinajstić information content (AvgIpc) is 2.85. The Hall–Kier alpha value is -1.07. The number of rotatable bonds is 4. The lowest BCUT2D eigenvalue weighted by molar-refractivity contribution is -0.137. The summed E-state index contributed by atoms with van der Waals surface area (Å²) in [5, 5.41) is 3.35. The molecular formula is C15H21F3N2. The highest BCUT2D eigenvalue weighted by atomic mass is 19.4. The van der Waals surface area contributed by atoms with Crippen molar-refractivity contribution in [3.05, 3.63) is 35.4 Å². The molecule has 1 aromatic rings. The van der Waals surface area contributed by atoms with E-state index in [1.165, 1.54) is 12.1 Å². The van der Waals surface area contributed by atoms with Crippen molar-refractivity contribution in [2.24, 2.45) is 0 Å². The summed E-state index contributed by atoms with van der Waals surface area (Å²) in [5.74, 6) is 0. The van der Waals surface area contributed by atoms with Crippen molar-refractivity contribution in [3.8, 4) is 0 Å². The number of halogens is 3. The highest BCUT2D eigenvalue weighted by Gasteiger charge is 2.30. The lowest BCUT2D eigenvalue weighted by Gasteiger charge is -2.20. The fraction of sp³-hybridized carbons (Fsp3) is 0.600. The zero-order chi connectivity index (χ0) is 14.8. The van der Waals surface area contributed by atoms with E-state index in [0.29, 0.717) is 24.2 Å². The van der Waals surface area contributed by atoms with Gasteiger partial charge in [-0.05, 0) is 38.4 Å². The minimum absolute atomic E-state index is 0.368. The van der Waals surface area contributed by atoms with Crippen molar-refractivity contribution in [1.82, 2.24) is 10.2 Å². The van der Waals surface area contributed by atoms with Gasteiger partial charge in [0.2, 0.25) is 0 Å². The molecule has 2 rings (SSSR count). The Morgan fingerprint density at radius 2 is 2.10 bits per heavy atom. The van der Waals surface area contributed by atoms with Crippen LogP contribution in [0.1, 0.15) is 31.4 Å². The number of alkyl halides is 3. The average molecular weight is 286 g/mol. The van der Waals surface area contributed by atoms with Gasteiger partial charge >= 0.3 is 6.18 Å². The molecule has 2 nitrogen and oxygen atoms in total. The lowest BCUT2D eigenvalue weighted by Crippen LogP contribution is -2.34. The number of nitrogens with zero attached hydrogens (tertiary/aromatic N) is 1. The van der Waals surface area contributed by atoms with Crippen LogP contribution in [0.15, 0.2) is 24.3 Å². The standard InChI is InChI=1S/C15H21F3N2/c1-11(2)20-7-6-14(10-20)19-9-12-4-3-5-13(8-12)15(16,17)18/h3-5,8,11,14,19H,6-7,9-10H2,1-2H3. The number of likely N-dealkylation sites (tertiary alicyclic amines) is 1. The minimum atomic E-state index is -4.27. The molecule has 0 aromatic heterocycles. The predicted octanol–water partition coefficient (Wildman–Crippen LogP) is 3.28. The van der Waals surface area contributed by atoms with Gasteiger partial charge in [-0.3, -0.25) is 4.90 Å². The van der Waals surface area contributed by atoms with Crippen molar-refractivity contribution in [3.63, 3.8) is 0 Å². The number of hydrogen-bond acceptors (Lipinski definition) is 2. The van der Waals surface area contributed by atoms with Gasteiger partial charge in [-0.2, -0.15) is 13.2 Å². The second-order valence-corrected chi connectivity index (χ2v) is 5.65. The SMILES string of the molecule is CC(C)N1CCC(NCc2cccc(C(F)(F)F)c2)C1. The summed E-state index contributed by atoms with van der Waals surface area (Å²) in [5.41, 5.74) is 0.106. The van der Waals surface area contributed by atoms with Crippen LogP contribution in [0.2, 0.25) is 0 Å². The summed E-state index contributed by atoms with van der Waals surface area (Å²) in [4.78, 5) is 2.38. The van der Waals surface area contributed by atoms with E-state index in [1.807, 2.05) is 0 Å². The van der Waals surface area contributed by atoms with E-state index >= 15 is 0 Å². The van der Waals surface area contributed by atoms with E-state index in [2.05, 4.69) is 24.1 Å². The van der Waals surface area contributed by atoms with Gasteiger partial charge in [-0.1, -0.05) is 18.2 Å². The summed E-state index contributed by atoms with van der Waals surface area (Å²) in [6.07, 6.45) is -3.21. The molecule has 1 heterocycles. The lowest BCUT2D eigenvalue weighted by atomic mass is 10.1. The highest BCUT2D eigenvalue weighted by molar-refractivity contribution is 5.25. The number of nitrogens with one attached hydrogen (secondary N) is 1. The summed E-state index contributed by atoms with van der Waals surface area (Å²) in [7, 11) is 0. The van der Waals surface area contributed by atoms with Crippen LogP contribution < -0.4 is 5.32 Å². The maximum absolute atomic E-state index is 12.6. The third kappa shape index (κ3) is 3.96. The molecule has 1 atom stereocenters. The number of benzene rings is 1. The highest BCUT2D eigenvalue weighted by Crippen LogP contribution is 2.29. The molecule has 5 heteroatoms. The van der Waals surface area contributed by atoms with Crippen LogP contribution in [0.4, 0.5) is 13.2 Å². The molecule has 1 aromatic carbocycles. The van der Waals surface area contributed by atoms with Crippen molar-refractivity contribution in [2.75, 3.05) is 13.1 Å². The Morgan fingerprint density at radius 1 is 1.35 bits per heavy atom. The molecule has 20 heavy (non-hydrogen) atoms. The molecule has 0 amide bonds. The maximum atomic E-state index is 12.6. The van der Waals surface area contributed by atoms with Crippen LogP contribution in [0.3, 0.4) is 0 Å². The van der Waals surface area contributed by atoms with Gasteiger partial charge in [-0.15, -0.1) is 0 Å². The van der Waals surface area contributed by atoms with Crippen LogP contribution in [0.25, 0.3) is 0 Å². The van der Waals surface area contributed by atoms with Crippen molar-refractivity contribution in [2.45, 2.75) is 45.1 Å². The normalized spacial score (nSPS) is 20.8. The molecule has 0 spiro atoms. The maximum Gasteiger partial charge on any atom is 0.416 e. The first kappa shape index (κ1) is 15.3. The molecule has 1 N–H and O–H groups in total. The molecule has 0 saturated carbocycles. The zero-order valence-electron chi connectivity index (χ0n) is 11.9. The van der Waals surface area contributed by atoms with Gasteiger partial charge in [-0.25, -0.2) is 0 Å². The molecular weight excluding hydrogens is 265 g/mol. The van der Waals surface area contributed by atoms with E-state index in [9.17, 15) is 13.2 Å². The van der Waals surface area contributed by atoms with Crippen LogP contribution in [-0.2, 0) is 12.7 Å². The second-order valence-electron chi connectivity index (χ2n) is 5.65. The van der Waals surface area contributed by atoms with E-state index in [-0.39, 0.29) is 0 Å². The third-order valence-corrected chi connectivity index (χ3v) is 3.80. The van der Waals surface area contributed by atoms with E-state index in [4.69, 9.17) is 0 Å². The molecule has 112 valence electrons. The second kappa shape index (κ2) is 6.14. The fourth-order valence-corrected chi connectivity index (χ4v) is 2.54. The Bertz CT molecular complexity index is 443. The molecule has 0 bridgehead atoms. The van der Waals surface area contributed by atoms with Gasteiger partial charge < -0.3 is 5.32 Å². The first-order valence-electron chi connectivity index (χ1n) is 7.00. The first-order chi connectivity index (χ1) is 9.36. The quantitative estimate of drug-likeness (QED) is 0.914. The monoisotopic (exact) mass is 286 g/mol.